The molecule has 1 amide bonds. The van der Waals surface area contributed by atoms with Crippen molar-refractivity contribution in [1.82, 2.24) is 4.90 Å². The topological polar surface area (TPSA) is 46.3 Å². The molecule has 0 unspecified atom stereocenters. The van der Waals surface area contributed by atoms with Crippen LogP contribution in [0.2, 0.25) is 0 Å². The summed E-state index contributed by atoms with van der Waals surface area (Å²) in [4.78, 5) is 13.6. The van der Waals surface area contributed by atoms with Crippen LogP contribution in [0.25, 0.3) is 0 Å². The van der Waals surface area contributed by atoms with Crippen molar-refractivity contribution < 1.29 is 9.18 Å². The summed E-state index contributed by atoms with van der Waals surface area (Å²) < 4.78 is 13.5. The summed E-state index contributed by atoms with van der Waals surface area (Å²) in [5.41, 5.74) is 7.36. The van der Waals surface area contributed by atoms with E-state index in [1.807, 2.05) is 18.2 Å². The van der Waals surface area contributed by atoms with Crippen LogP contribution in [0.1, 0.15) is 15.9 Å². The molecule has 0 radical (unpaired) electrons. The van der Waals surface area contributed by atoms with E-state index in [4.69, 9.17) is 5.73 Å². The lowest BCUT2D eigenvalue weighted by molar-refractivity contribution is 0.0781. The maximum absolute atomic E-state index is 13.5. The molecule has 2 rings (SSSR count). The fourth-order valence-electron chi connectivity index (χ4n) is 1.85. The van der Waals surface area contributed by atoms with E-state index in [2.05, 4.69) is 0 Å². The Morgan fingerprint density at radius 3 is 2.47 bits per heavy atom. The van der Waals surface area contributed by atoms with E-state index in [0.717, 1.165) is 5.56 Å². The number of nitrogens with zero attached hydrogens (tertiary/aromatic N) is 1. The fourth-order valence-corrected chi connectivity index (χ4v) is 1.85. The predicted octanol–water partition coefficient (Wildman–Crippen LogP) is 2.68. The van der Waals surface area contributed by atoms with Gasteiger partial charge in [0.15, 0.2) is 0 Å². The van der Waals surface area contributed by atoms with Gasteiger partial charge >= 0.3 is 0 Å². The number of para-hydroxylation sites is 1. The predicted molar refractivity (Wildman–Crippen MR) is 73.1 cm³/mol. The Hall–Kier alpha value is -2.36. The number of carbonyl (C=O) groups is 1. The van der Waals surface area contributed by atoms with Crippen LogP contribution in [0.5, 0.6) is 0 Å². The molecule has 2 aromatic carbocycles. The second-order valence-electron chi connectivity index (χ2n) is 4.34. The van der Waals surface area contributed by atoms with E-state index in [9.17, 15) is 9.18 Å². The van der Waals surface area contributed by atoms with Crippen LogP contribution < -0.4 is 5.73 Å². The van der Waals surface area contributed by atoms with Crippen LogP contribution in [-0.2, 0) is 6.54 Å². The van der Waals surface area contributed by atoms with E-state index in [1.54, 1.807) is 25.2 Å². The van der Waals surface area contributed by atoms with E-state index >= 15 is 0 Å². The largest absolute Gasteiger partial charge is 0.398 e. The zero-order valence-corrected chi connectivity index (χ0v) is 10.6. The van der Waals surface area contributed by atoms with Crippen LogP contribution in [0.3, 0.4) is 0 Å². The molecule has 0 aliphatic carbocycles. The molecule has 19 heavy (non-hydrogen) atoms. The second kappa shape index (κ2) is 5.52. The Balaban J connectivity index is 2.17. The molecule has 4 heteroatoms. The summed E-state index contributed by atoms with van der Waals surface area (Å²) in [6.45, 7) is 0.347. The normalized spacial score (nSPS) is 10.2. The minimum atomic E-state index is -0.514. The molecule has 3 nitrogen and oxygen atoms in total. The van der Waals surface area contributed by atoms with Crippen LogP contribution in [-0.4, -0.2) is 17.9 Å². The Bertz CT molecular complexity index is 598. The summed E-state index contributed by atoms with van der Waals surface area (Å²) in [6.07, 6.45) is 0. The highest BCUT2D eigenvalue weighted by molar-refractivity contribution is 5.94. The van der Waals surface area contributed by atoms with E-state index < -0.39 is 5.82 Å². The first kappa shape index (κ1) is 13.1. The van der Waals surface area contributed by atoms with Crippen molar-refractivity contribution in [2.45, 2.75) is 6.54 Å². The number of rotatable bonds is 3. The van der Waals surface area contributed by atoms with Gasteiger partial charge in [0, 0.05) is 19.3 Å². The van der Waals surface area contributed by atoms with Gasteiger partial charge in [0.25, 0.3) is 5.91 Å². The van der Waals surface area contributed by atoms with Gasteiger partial charge in [-0.2, -0.15) is 0 Å². The Morgan fingerprint density at radius 1 is 1.16 bits per heavy atom. The maximum Gasteiger partial charge on any atom is 0.256 e. The minimum Gasteiger partial charge on any atom is -0.398 e. The first-order chi connectivity index (χ1) is 9.09. The van der Waals surface area contributed by atoms with Gasteiger partial charge in [-0.05, 0) is 23.8 Å². The third kappa shape index (κ3) is 2.91. The number of hydrogen-bond acceptors (Lipinski definition) is 2. The highest BCUT2D eigenvalue weighted by Gasteiger charge is 2.16. The molecule has 0 aromatic heterocycles. The number of nitrogen functional groups attached to an aromatic ring is 1. The van der Waals surface area contributed by atoms with Crippen molar-refractivity contribution in [3.8, 4) is 0 Å². The lowest BCUT2D eigenvalue weighted by Crippen LogP contribution is -2.27. The van der Waals surface area contributed by atoms with Gasteiger partial charge < -0.3 is 10.6 Å². The smallest absolute Gasteiger partial charge is 0.256 e. The van der Waals surface area contributed by atoms with Gasteiger partial charge in [-0.25, -0.2) is 4.39 Å². The van der Waals surface area contributed by atoms with Crippen molar-refractivity contribution in [2.75, 3.05) is 12.8 Å². The number of benzene rings is 2. The summed E-state index contributed by atoms with van der Waals surface area (Å²) >= 11 is 0. The van der Waals surface area contributed by atoms with Crippen molar-refractivity contribution >= 4 is 11.6 Å². The monoisotopic (exact) mass is 258 g/mol. The number of hydrogen-bond donors (Lipinski definition) is 1. The first-order valence-corrected chi connectivity index (χ1v) is 5.93. The van der Waals surface area contributed by atoms with E-state index in [-0.39, 0.29) is 11.5 Å². The molecule has 0 saturated carbocycles. The molecule has 0 heterocycles. The van der Waals surface area contributed by atoms with Crippen molar-refractivity contribution in [1.29, 1.82) is 0 Å². The summed E-state index contributed by atoms with van der Waals surface area (Å²) in [5, 5.41) is 0. The van der Waals surface area contributed by atoms with Gasteiger partial charge in [0.2, 0.25) is 0 Å². The number of carbonyl (C=O) groups excluding carboxylic acids is 1. The van der Waals surface area contributed by atoms with Gasteiger partial charge in [-0.3, -0.25) is 4.79 Å². The van der Waals surface area contributed by atoms with Gasteiger partial charge in [0.1, 0.15) is 5.82 Å². The van der Waals surface area contributed by atoms with Crippen LogP contribution in [0, 0.1) is 5.82 Å². The number of nitrogens with two attached hydrogens (primary N) is 1. The van der Waals surface area contributed by atoms with Crippen LogP contribution >= 0.6 is 0 Å². The molecule has 0 spiro atoms. The zero-order chi connectivity index (χ0) is 13.8. The maximum atomic E-state index is 13.5. The Morgan fingerprint density at radius 2 is 1.79 bits per heavy atom. The van der Waals surface area contributed by atoms with Gasteiger partial charge in [-0.1, -0.05) is 30.3 Å². The molecule has 0 aliphatic rings. The molecular formula is C15H15FN2O. The zero-order valence-electron chi connectivity index (χ0n) is 10.6. The highest BCUT2D eigenvalue weighted by atomic mass is 19.1. The summed E-state index contributed by atoms with van der Waals surface area (Å²) in [7, 11) is 1.63. The number of anilines is 1. The molecule has 0 bridgehead atoms. The molecular weight excluding hydrogens is 243 g/mol. The molecule has 0 atom stereocenters. The van der Waals surface area contributed by atoms with Gasteiger partial charge in [0.05, 0.1) is 5.56 Å². The van der Waals surface area contributed by atoms with Crippen molar-refractivity contribution in [2.24, 2.45) is 0 Å². The molecule has 0 fully saturated rings. The molecule has 0 aliphatic heterocycles. The summed E-state index contributed by atoms with van der Waals surface area (Å²) in [6, 6.07) is 13.3. The SMILES string of the molecule is CN(Cc1ccccc1N)C(=O)c1ccccc1F. The van der Waals surface area contributed by atoms with Crippen molar-refractivity contribution in [3.63, 3.8) is 0 Å². The second-order valence-corrected chi connectivity index (χ2v) is 4.34. The van der Waals surface area contributed by atoms with Crippen LogP contribution in [0.15, 0.2) is 48.5 Å². The van der Waals surface area contributed by atoms with E-state index in [1.165, 1.54) is 17.0 Å². The van der Waals surface area contributed by atoms with Gasteiger partial charge in [-0.15, -0.1) is 0 Å². The fraction of sp³-hybridized carbons (Fsp3) is 0.133. The number of amides is 1. The third-order valence-corrected chi connectivity index (χ3v) is 2.91. The lowest BCUT2D eigenvalue weighted by Gasteiger charge is -2.18. The standard InChI is InChI=1S/C15H15FN2O/c1-18(10-11-6-2-5-9-14(11)17)15(19)12-7-3-4-8-13(12)16/h2-9H,10,17H2,1H3. The highest BCUT2D eigenvalue weighted by Crippen LogP contribution is 2.15. The minimum absolute atomic E-state index is 0.0690. The third-order valence-electron chi connectivity index (χ3n) is 2.91. The average molecular weight is 258 g/mol. The molecule has 2 aromatic rings. The Labute approximate surface area is 111 Å². The molecule has 2 N–H and O–H groups in total. The summed E-state index contributed by atoms with van der Waals surface area (Å²) in [5.74, 6) is -0.873. The Kier molecular flexibility index (Phi) is 3.80. The lowest BCUT2D eigenvalue weighted by atomic mass is 10.1. The van der Waals surface area contributed by atoms with E-state index in [0.29, 0.717) is 12.2 Å². The molecule has 0 saturated heterocycles. The molecule has 98 valence electrons. The number of halogens is 1. The average Bonchev–Trinajstić information content (AvgIpc) is 2.41. The quantitative estimate of drug-likeness (QED) is 0.860. The van der Waals surface area contributed by atoms with Crippen molar-refractivity contribution in [3.05, 3.63) is 65.5 Å². The van der Waals surface area contributed by atoms with Crippen LogP contribution in [0.4, 0.5) is 10.1 Å². The first-order valence-electron chi connectivity index (χ1n) is 5.93.